The Bertz CT molecular complexity index is 552. The largest absolute Gasteiger partial charge is 0.396 e. The highest BCUT2D eigenvalue weighted by molar-refractivity contribution is 5.95. The van der Waals surface area contributed by atoms with Gasteiger partial charge < -0.3 is 16.2 Å². The molecule has 0 spiro atoms. The molecule has 2 aromatic carbocycles. The molecule has 4 heteroatoms. The van der Waals surface area contributed by atoms with Crippen LogP contribution in [-0.2, 0) is 11.2 Å². The van der Waals surface area contributed by atoms with Gasteiger partial charge in [-0.3, -0.25) is 4.79 Å². The number of benzene rings is 2. The number of carbonyl (C=O) groups excluding carboxylic acids is 1. The number of nitrogens with one attached hydrogen (secondary N) is 1. The SMILES string of the molecule is N[C@H](C(=O)Nc1ccc(CCO)cc1)c1ccccc1. The van der Waals surface area contributed by atoms with Gasteiger partial charge in [0.2, 0.25) is 5.91 Å². The monoisotopic (exact) mass is 270 g/mol. The van der Waals surface area contributed by atoms with E-state index in [1.807, 2.05) is 42.5 Å². The first-order valence-electron chi connectivity index (χ1n) is 6.52. The summed E-state index contributed by atoms with van der Waals surface area (Å²) in [4.78, 5) is 12.0. The lowest BCUT2D eigenvalue weighted by Gasteiger charge is -2.12. The number of rotatable bonds is 5. The summed E-state index contributed by atoms with van der Waals surface area (Å²) < 4.78 is 0. The van der Waals surface area contributed by atoms with E-state index in [2.05, 4.69) is 5.32 Å². The van der Waals surface area contributed by atoms with Crippen molar-refractivity contribution < 1.29 is 9.90 Å². The number of amides is 1. The van der Waals surface area contributed by atoms with Gasteiger partial charge in [0.05, 0.1) is 0 Å². The lowest BCUT2D eigenvalue weighted by atomic mass is 10.1. The summed E-state index contributed by atoms with van der Waals surface area (Å²) >= 11 is 0. The molecule has 2 rings (SSSR count). The lowest BCUT2D eigenvalue weighted by molar-refractivity contribution is -0.117. The van der Waals surface area contributed by atoms with Crippen molar-refractivity contribution in [1.82, 2.24) is 0 Å². The molecule has 2 aromatic rings. The summed E-state index contributed by atoms with van der Waals surface area (Å²) in [6.07, 6.45) is 0.609. The first-order valence-corrected chi connectivity index (χ1v) is 6.52. The van der Waals surface area contributed by atoms with Crippen molar-refractivity contribution in [3.8, 4) is 0 Å². The van der Waals surface area contributed by atoms with Crippen LogP contribution in [0.15, 0.2) is 54.6 Å². The molecule has 0 radical (unpaired) electrons. The fourth-order valence-electron chi connectivity index (χ4n) is 1.92. The Morgan fingerprint density at radius 3 is 2.35 bits per heavy atom. The van der Waals surface area contributed by atoms with Crippen molar-refractivity contribution in [2.75, 3.05) is 11.9 Å². The zero-order valence-electron chi connectivity index (χ0n) is 11.1. The first-order chi connectivity index (χ1) is 9.70. The Morgan fingerprint density at radius 2 is 1.75 bits per heavy atom. The third-order valence-corrected chi connectivity index (χ3v) is 3.06. The van der Waals surface area contributed by atoms with Crippen LogP contribution in [0.25, 0.3) is 0 Å². The summed E-state index contributed by atoms with van der Waals surface area (Å²) in [6.45, 7) is 0.116. The van der Waals surface area contributed by atoms with Crippen LogP contribution in [0.3, 0.4) is 0 Å². The number of aliphatic hydroxyl groups is 1. The highest BCUT2D eigenvalue weighted by Crippen LogP contribution is 2.14. The summed E-state index contributed by atoms with van der Waals surface area (Å²) in [5.74, 6) is -0.244. The fraction of sp³-hybridized carbons (Fsp3) is 0.188. The van der Waals surface area contributed by atoms with Crippen molar-refractivity contribution in [2.24, 2.45) is 5.73 Å². The van der Waals surface area contributed by atoms with E-state index in [9.17, 15) is 4.79 Å². The van der Waals surface area contributed by atoms with Gasteiger partial charge in [0.25, 0.3) is 0 Å². The molecule has 0 unspecified atom stereocenters. The minimum atomic E-state index is -0.687. The van der Waals surface area contributed by atoms with Crippen LogP contribution >= 0.6 is 0 Å². The molecule has 4 N–H and O–H groups in total. The maximum atomic E-state index is 12.0. The van der Waals surface area contributed by atoms with Gasteiger partial charge in [-0.05, 0) is 29.7 Å². The maximum Gasteiger partial charge on any atom is 0.245 e. The summed E-state index contributed by atoms with van der Waals surface area (Å²) in [5.41, 5.74) is 8.42. The van der Waals surface area contributed by atoms with Crippen molar-refractivity contribution in [1.29, 1.82) is 0 Å². The van der Waals surface area contributed by atoms with Crippen LogP contribution in [0.1, 0.15) is 17.2 Å². The van der Waals surface area contributed by atoms with Crippen molar-refractivity contribution >= 4 is 11.6 Å². The Morgan fingerprint density at radius 1 is 1.10 bits per heavy atom. The average Bonchev–Trinajstić information content (AvgIpc) is 2.49. The van der Waals surface area contributed by atoms with Gasteiger partial charge in [-0.1, -0.05) is 42.5 Å². The first kappa shape index (κ1) is 14.2. The molecule has 0 saturated heterocycles. The summed E-state index contributed by atoms with van der Waals surface area (Å²) in [7, 11) is 0. The molecule has 4 nitrogen and oxygen atoms in total. The Kier molecular flexibility index (Phi) is 4.87. The number of hydrogen-bond acceptors (Lipinski definition) is 3. The number of hydrogen-bond donors (Lipinski definition) is 3. The summed E-state index contributed by atoms with van der Waals surface area (Å²) in [5, 5.41) is 11.6. The predicted octanol–water partition coefficient (Wildman–Crippen LogP) is 1.86. The molecule has 0 aliphatic carbocycles. The molecule has 0 fully saturated rings. The molecular weight excluding hydrogens is 252 g/mol. The second-order valence-electron chi connectivity index (χ2n) is 4.55. The van der Waals surface area contributed by atoms with E-state index < -0.39 is 6.04 Å². The van der Waals surface area contributed by atoms with E-state index in [1.54, 1.807) is 12.1 Å². The second-order valence-corrected chi connectivity index (χ2v) is 4.55. The number of carbonyl (C=O) groups is 1. The normalized spacial score (nSPS) is 11.9. The number of aliphatic hydroxyl groups excluding tert-OH is 1. The highest BCUT2D eigenvalue weighted by atomic mass is 16.2. The van der Waals surface area contributed by atoms with E-state index in [0.717, 1.165) is 11.1 Å². The van der Waals surface area contributed by atoms with Gasteiger partial charge in [-0.15, -0.1) is 0 Å². The molecule has 0 saturated carbocycles. The maximum absolute atomic E-state index is 12.0. The molecule has 0 aliphatic heterocycles. The zero-order chi connectivity index (χ0) is 14.4. The van der Waals surface area contributed by atoms with Crippen LogP contribution in [0.4, 0.5) is 5.69 Å². The third-order valence-electron chi connectivity index (χ3n) is 3.06. The van der Waals surface area contributed by atoms with Crippen LogP contribution in [0, 0.1) is 0 Å². The molecular formula is C16H18N2O2. The Labute approximate surface area is 118 Å². The average molecular weight is 270 g/mol. The van der Waals surface area contributed by atoms with Crippen LogP contribution in [0.2, 0.25) is 0 Å². The number of anilines is 1. The Balaban J connectivity index is 2.00. The molecule has 1 amide bonds. The quantitative estimate of drug-likeness (QED) is 0.776. The molecule has 20 heavy (non-hydrogen) atoms. The van der Waals surface area contributed by atoms with Crippen LogP contribution in [-0.4, -0.2) is 17.6 Å². The molecule has 1 atom stereocenters. The van der Waals surface area contributed by atoms with E-state index >= 15 is 0 Å². The Hall–Kier alpha value is -2.17. The molecule has 104 valence electrons. The third kappa shape index (κ3) is 3.66. The number of nitrogens with two attached hydrogens (primary N) is 1. The molecule has 0 heterocycles. The van der Waals surface area contributed by atoms with Gasteiger partial charge in [0.15, 0.2) is 0 Å². The minimum Gasteiger partial charge on any atom is -0.396 e. The van der Waals surface area contributed by atoms with Gasteiger partial charge in [-0.25, -0.2) is 0 Å². The fourth-order valence-corrected chi connectivity index (χ4v) is 1.92. The highest BCUT2D eigenvalue weighted by Gasteiger charge is 2.15. The van der Waals surface area contributed by atoms with E-state index in [0.29, 0.717) is 12.1 Å². The second kappa shape index (κ2) is 6.84. The lowest BCUT2D eigenvalue weighted by Crippen LogP contribution is -2.27. The topological polar surface area (TPSA) is 75.4 Å². The van der Waals surface area contributed by atoms with Crippen LogP contribution in [0.5, 0.6) is 0 Å². The molecule has 0 aliphatic rings. The van der Waals surface area contributed by atoms with Gasteiger partial charge in [0, 0.05) is 12.3 Å². The van der Waals surface area contributed by atoms with Gasteiger partial charge >= 0.3 is 0 Å². The summed E-state index contributed by atoms with van der Waals surface area (Å²) in [6, 6.07) is 15.9. The van der Waals surface area contributed by atoms with Crippen molar-refractivity contribution in [2.45, 2.75) is 12.5 Å². The predicted molar refractivity (Wildman–Crippen MR) is 79.2 cm³/mol. The van der Waals surface area contributed by atoms with E-state index in [1.165, 1.54) is 0 Å². The smallest absolute Gasteiger partial charge is 0.245 e. The van der Waals surface area contributed by atoms with Gasteiger partial charge in [-0.2, -0.15) is 0 Å². The van der Waals surface area contributed by atoms with Gasteiger partial charge in [0.1, 0.15) is 6.04 Å². The minimum absolute atomic E-state index is 0.116. The molecule has 0 aromatic heterocycles. The van der Waals surface area contributed by atoms with Crippen molar-refractivity contribution in [3.05, 3.63) is 65.7 Å². The van der Waals surface area contributed by atoms with E-state index in [4.69, 9.17) is 10.8 Å². The van der Waals surface area contributed by atoms with Crippen molar-refractivity contribution in [3.63, 3.8) is 0 Å². The van der Waals surface area contributed by atoms with E-state index in [-0.39, 0.29) is 12.5 Å². The zero-order valence-corrected chi connectivity index (χ0v) is 11.1. The van der Waals surface area contributed by atoms with Crippen LogP contribution < -0.4 is 11.1 Å². The molecule has 0 bridgehead atoms. The standard InChI is InChI=1S/C16H18N2O2/c17-15(13-4-2-1-3-5-13)16(20)18-14-8-6-12(7-9-14)10-11-19/h1-9,15,19H,10-11,17H2,(H,18,20)/t15-/m0/s1.